The molecule has 2 fully saturated rings. The van der Waals surface area contributed by atoms with Crippen molar-refractivity contribution in [2.45, 2.75) is 44.7 Å². The SMILES string of the molecule is C[C@H](NC1(CNC(=O)[C@@H]2C[C@@H]2C)CCOCC1)c1ccccc1. The lowest BCUT2D eigenvalue weighted by Gasteiger charge is -2.40. The Bertz CT molecular complexity index is 525. The molecule has 2 aliphatic rings. The van der Waals surface area contributed by atoms with Gasteiger partial charge < -0.3 is 15.4 Å². The largest absolute Gasteiger partial charge is 0.381 e. The van der Waals surface area contributed by atoms with Gasteiger partial charge in [0.15, 0.2) is 0 Å². The van der Waals surface area contributed by atoms with E-state index < -0.39 is 0 Å². The monoisotopic (exact) mass is 316 g/mol. The summed E-state index contributed by atoms with van der Waals surface area (Å²) < 4.78 is 5.54. The average molecular weight is 316 g/mol. The van der Waals surface area contributed by atoms with Crippen LogP contribution < -0.4 is 10.6 Å². The number of amides is 1. The predicted molar refractivity (Wildman–Crippen MR) is 91.1 cm³/mol. The van der Waals surface area contributed by atoms with E-state index in [9.17, 15) is 4.79 Å². The Hall–Kier alpha value is -1.39. The second-order valence-electron chi connectivity index (χ2n) is 7.21. The molecule has 1 saturated carbocycles. The fraction of sp³-hybridized carbons (Fsp3) is 0.632. The summed E-state index contributed by atoms with van der Waals surface area (Å²) >= 11 is 0. The van der Waals surface area contributed by atoms with Gasteiger partial charge in [-0.15, -0.1) is 0 Å². The highest BCUT2D eigenvalue weighted by molar-refractivity contribution is 5.81. The van der Waals surface area contributed by atoms with Crippen LogP contribution in [0.5, 0.6) is 0 Å². The minimum absolute atomic E-state index is 0.0682. The van der Waals surface area contributed by atoms with E-state index in [2.05, 4.69) is 48.7 Å². The van der Waals surface area contributed by atoms with Gasteiger partial charge in [-0.2, -0.15) is 0 Å². The van der Waals surface area contributed by atoms with Crippen molar-refractivity contribution in [3.05, 3.63) is 35.9 Å². The number of rotatable bonds is 6. The summed E-state index contributed by atoms with van der Waals surface area (Å²) in [5.41, 5.74) is 1.21. The Balaban J connectivity index is 1.63. The van der Waals surface area contributed by atoms with Gasteiger partial charge in [0.1, 0.15) is 0 Å². The maximum absolute atomic E-state index is 12.2. The lowest BCUT2D eigenvalue weighted by atomic mass is 9.88. The smallest absolute Gasteiger partial charge is 0.223 e. The van der Waals surface area contributed by atoms with Gasteiger partial charge in [0, 0.05) is 37.3 Å². The lowest BCUT2D eigenvalue weighted by molar-refractivity contribution is -0.123. The molecule has 0 radical (unpaired) electrons. The second kappa shape index (κ2) is 7.02. The molecule has 4 heteroatoms. The molecule has 1 aromatic rings. The van der Waals surface area contributed by atoms with Crippen LogP contribution in [0.15, 0.2) is 30.3 Å². The Kier molecular flexibility index (Phi) is 5.02. The molecular formula is C19H28N2O2. The highest BCUT2D eigenvalue weighted by Gasteiger charge is 2.41. The van der Waals surface area contributed by atoms with E-state index in [1.165, 1.54) is 5.56 Å². The first-order chi connectivity index (χ1) is 11.1. The molecule has 1 heterocycles. The number of hydrogen-bond donors (Lipinski definition) is 2. The molecule has 1 aliphatic heterocycles. The maximum Gasteiger partial charge on any atom is 0.223 e. The van der Waals surface area contributed by atoms with Gasteiger partial charge in [0.2, 0.25) is 5.91 Å². The molecule has 126 valence electrons. The number of ether oxygens (including phenoxy) is 1. The summed E-state index contributed by atoms with van der Waals surface area (Å²) in [4.78, 5) is 12.2. The van der Waals surface area contributed by atoms with E-state index in [-0.39, 0.29) is 23.4 Å². The molecule has 1 saturated heterocycles. The van der Waals surface area contributed by atoms with Crippen molar-refractivity contribution in [1.82, 2.24) is 10.6 Å². The van der Waals surface area contributed by atoms with Gasteiger partial charge in [-0.3, -0.25) is 4.79 Å². The van der Waals surface area contributed by atoms with Crippen LogP contribution in [0.25, 0.3) is 0 Å². The summed E-state index contributed by atoms with van der Waals surface area (Å²) in [6.07, 6.45) is 2.91. The average Bonchev–Trinajstić information content (AvgIpc) is 3.31. The molecule has 3 atom stereocenters. The molecule has 3 rings (SSSR count). The molecule has 1 aromatic carbocycles. The standard InChI is InChI=1S/C19H28N2O2/c1-14-12-17(14)18(22)20-13-19(8-10-23-11-9-19)21-15(2)16-6-4-3-5-7-16/h3-7,14-15,17,21H,8-13H2,1-2H3,(H,20,22)/t14-,15-,17+/m0/s1. The van der Waals surface area contributed by atoms with Crippen molar-refractivity contribution in [3.63, 3.8) is 0 Å². The topological polar surface area (TPSA) is 50.4 Å². The first-order valence-electron chi connectivity index (χ1n) is 8.78. The minimum Gasteiger partial charge on any atom is -0.381 e. The fourth-order valence-electron chi connectivity index (χ4n) is 3.49. The quantitative estimate of drug-likeness (QED) is 0.848. The van der Waals surface area contributed by atoms with Crippen LogP contribution in [0, 0.1) is 11.8 Å². The summed E-state index contributed by atoms with van der Waals surface area (Å²) in [6.45, 7) is 6.53. The van der Waals surface area contributed by atoms with Gasteiger partial charge in [-0.25, -0.2) is 0 Å². The summed E-state index contributed by atoms with van der Waals surface area (Å²) in [5, 5.41) is 6.97. The zero-order valence-electron chi connectivity index (χ0n) is 14.2. The third-order valence-electron chi connectivity index (χ3n) is 5.32. The van der Waals surface area contributed by atoms with Crippen LogP contribution in [0.2, 0.25) is 0 Å². The molecule has 1 amide bonds. The zero-order valence-corrected chi connectivity index (χ0v) is 14.2. The van der Waals surface area contributed by atoms with Gasteiger partial charge in [0.25, 0.3) is 0 Å². The van der Waals surface area contributed by atoms with Crippen molar-refractivity contribution in [2.75, 3.05) is 19.8 Å². The summed E-state index contributed by atoms with van der Waals surface area (Å²) in [7, 11) is 0. The number of nitrogens with one attached hydrogen (secondary N) is 2. The highest BCUT2D eigenvalue weighted by atomic mass is 16.5. The first-order valence-corrected chi connectivity index (χ1v) is 8.78. The Morgan fingerprint density at radius 1 is 1.30 bits per heavy atom. The fourth-order valence-corrected chi connectivity index (χ4v) is 3.49. The van der Waals surface area contributed by atoms with Crippen LogP contribution >= 0.6 is 0 Å². The molecular weight excluding hydrogens is 288 g/mol. The van der Waals surface area contributed by atoms with E-state index in [1.807, 2.05) is 6.07 Å². The lowest BCUT2D eigenvalue weighted by Crippen LogP contribution is -2.57. The van der Waals surface area contributed by atoms with Gasteiger partial charge in [0.05, 0.1) is 0 Å². The van der Waals surface area contributed by atoms with E-state index in [0.29, 0.717) is 12.5 Å². The highest BCUT2D eigenvalue weighted by Crippen LogP contribution is 2.37. The van der Waals surface area contributed by atoms with Crippen LogP contribution in [0.3, 0.4) is 0 Å². The van der Waals surface area contributed by atoms with Crippen molar-refractivity contribution < 1.29 is 9.53 Å². The van der Waals surface area contributed by atoms with Crippen LogP contribution in [0.1, 0.15) is 44.7 Å². The third kappa shape index (κ3) is 4.12. The van der Waals surface area contributed by atoms with E-state index >= 15 is 0 Å². The minimum atomic E-state index is -0.0682. The normalized spacial score (nSPS) is 27.2. The van der Waals surface area contributed by atoms with Crippen molar-refractivity contribution >= 4 is 5.91 Å². The predicted octanol–water partition coefficient (Wildman–Crippen LogP) is 2.66. The Morgan fingerprint density at radius 2 is 1.96 bits per heavy atom. The molecule has 23 heavy (non-hydrogen) atoms. The van der Waals surface area contributed by atoms with E-state index in [1.54, 1.807) is 0 Å². The van der Waals surface area contributed by atoms with Crippen molar-refractivity contribution in [3.8, 4) is 0 Å². The van der Waals surface area contributed by atoms with Crippen LogP contribution in [-0.2, 0) is 9.53 Å². The van der Waals surface area contributed by atoms with Crippen LogP contribution in [-0.4, -0.2) is 31.2 Å². The Labute approximate surface area is 139 Å². The van der Waals surface area contributed by atoms with Crippen molar-refractivity contribution in [1.29, 1.82) is 0 Å². The number of hydrogen-bond acceptors (Lipinski definition) is 3. The van der Waals surface area contributed by atoms with Crippen LogP contribution in [0.4, 0.5) is 0 Å². The van der Waals surface area contributed by atoms with Crippen molar-refractivity contribution in [2.24, 2.45) is 11.8 Å². The number of carbonyl (C=O) groups is 1. The molecule has 0 unspecified atom stereocenters. The Morgan fingerprint density at radius 3 is 2.57 bits per heavy atom. The summed E-state index contributed by atoms with van der Waals surface area (Å²) in [5.74, 6) is 1.01. The first kappa shape index (κ1) is 16.5. The molecule has 0 spiro atoms. The van der Waals surface area contributed by atoms with E-state index in [4.69, 9.17) is 4.74 Å². The molecule has 0 aromatic heterocycles. The number of benzene rings is 1. The number of carbonyl (C=O) groups excluding carboxylic acids is 1. The molecule has 0 bridgehead atoms. The molecule has 1 aliphatic carbocycles. The van der Waals surface area contributed by atoms with Gasteiger partial charge in [-0.1, -0.05) is 37.3 Å². The van der Waals surface area contributed by atoms with Gasteiger partial charge in [-0.05, 0) is 37.7 Å². The van der Waals surface area contributed by atoms with Gasteiger partial charge >= 0.3 is 0 Å². The second-order valence-corrected chi connectivity index (χ2v) is 7.21. The maximum atomic E-state index is 12.2. The zero-order chi connectivity index (χ0) is 16.3. The summed E-state index contributed by atoms with van der Waals surface area (Å²) in [6, 6.07) is 10.7. The molecule has 2 N–H and O–H groups in total. The molecule has 4 nitrogen and oxygen atoms in total. The third-order valence-corrected chi connectivity index (χ3v) is 5.32. The van der Waals surface area contributed by atoms with E-state index in [0.717, 1.165) is 32.5 Å².